The first kappa shape index (κ1) is 11.7. The smallest absolute Gasteiger partial charge is 0.180 e. The Kier molecular flexibility index (Phi) is 3.46. The highest BCUT2D eigenvalue weighted by atomic mass is 15.1. The van der Waals surface area contributed by atoms with E-state index in [0.717, 1.165) is 30.2 Å². The van der Waals surface area contributed by atoms with Crippen LogP contribution in [0.2, 0.25) is 0 Å². The Morgan fingerprint density at radius 2 is 2.24 bits per heavy atom. The monoisotopic (exact) mass is 233 g/mol. The Bertz CT molecular complexity index is 491. The Morgan fingerprint density at radius 3 is 2.94 bits per heavy atom. The first-order valence-corrected chi connectivity index (χ1v) is 6.08. The molecule has 0 fully saturated rings. The normalized spacial score (nSPS) is 12.6. The van der Waals surface area contributed by atoms with Gasteiger partial charge in [-0.2, -0.15) is 0 Å². The second-order valence-electron chi connectivity index (χ2n) is 4.12. The lowest BCUT2D eigenvalue weighted by atomic mass is 10.2. The highest BCUT2D eigenvalue weighted by Crippen LogP contribution is 2.17. The summed E-state index contributed by atoms with van der Waals surface area (Å²) in [5.41, 5.74) is 0.868. The van der Waals surface area contributed by atoms with Crippen molar-refractivity contribution in [3.8, 4) is 0 Å². The number of rotatable bonds is 5. The summed E-state index contributed by atoms with van der Waals surface area (Å²) in [6.07, 6.45) is 6.72. The van der Waals surface area contributed by atoms with Crippen LogP contribution in [-0.2, 0) is 0 Å². The van der Waals surface area contributed by atoms with Crippen LogP contribution in [0.25, 0.3) is 5.65 Å². The van der Waals surface area contributed by atoms with Gasteiger partial charge in [0, 0.05) is 25.0 Å². The summed E-state index contributed by atoms with van der Waals surface area (Å²) in [5.74, 6) is 1.70. The Balaban J connectivity index is 2.39. The molecule has 2 N–H and O–H groups in total. The third-order valence-electron chi connectivity index (χ3n) is 2.73. The second kappa shape index (κ2) is 5.03. The van der Waals surface area contributed by atoms with E-state index in [-0.39, 0.29) is 0 Å². The van der Waals surface area contributed by atoms with E-state index in [1.54, 1.807) is 6.20 Å². The number of hydrogen-bond donors (Lipinski definition) is 2. The van der Waals surface area contributed by atoms with Crippen LogP contribution in [0.1, 0.15) is 27.2 Å². The predicted molar refractivity (Wildman–Crippen MR) is 70.5 cm³/mol. The van der Waals surface area contributed by atoms with Gasteiger partial charge in [0.15, 0.2) is 11.5 Å². The molecule has 0 aliphatic carbocycles. The first-order chi connectivity index (χ1) is 8.24. The van der Waals surface area contributed by atoms with Crippen molar-refractivity contribution in [2.75, 3.05) is 17.2 Å². The molecule has 2 rings (SSSR count). The van der Waals surface area contributed by atoms with Crippen molar-refractivity contribution in [1.82, 2.24) is 14.4 Å². The summed E-state index contributed by atoms with van der Waals surface area (Å²) < 4.78 is 1.98. The zero-order valence-electron chi connectivity index (χ0n) is 10.6. The number of nitrogens with zero attached hydrogens (tertiary/aromatic N) is 3. The van der Waals surface area contributed by atoms with Crippen LogP contribution in [0.15, 0.2) is 18.6 Å². The summed E-state index contributed by atoms with van der Waals surface area (Å²) in [6.45, 7) is 7.20. The number of hydrogen-bond acceptors (Lipinski definition) is 4. The highest BCUT2D eigenvalue weighted by Gasteiger charge is 2.08. The minimum atomic E-state index is 0.389. The zero-order valence-corrected chi connectivity index (χ0v) is 10.6. The van der Waals surface area contributed by atoms with Crippen molar-refractivity contribution in [2.24, 2.45) is 0 Å². The van der Waals surface area contributed by atoms with E-state index in [1.807, 2.05) is 16.8 Å². The van der Waals surface area contributed by atoms with Crippen molar-refractivity contribution in [2.45, 2.75) is 33.2 Å². The lowest BCUT2D eigenvalue weighted by molar-refractivity contribution is 0.759. The summed E-state index contributed by atoms with van der Waals surface area (Å²) in [6, 6.07) is 0.389. The predicted octanol–water partition coefficient (Wildman–Crippen LogP) is 2.37. The molecule has 2 heterocycles. The van der Waals surface area contributed by atoms with Crippen molar-refractivity contribution in [3.63, 3.8) is 0 Å². The third-order valence-corrected chi connectivity index (χ3v) is 2.73. The number of anilines is 2. The molecule has 0 amide bonds. The summed E-state index contributed by atoms with van der Waals surface area (Å²) in [7, 11) is 0. The maximum atomic E-state index is 4.55. The van der Waals surface area contributed by atoms with E-state index < -0.39 is 0 Å². The molecule has 0 aliphatic rings. The molecule has 0 bridgehead atoms. The van der Waals surface area contributed by atoms with Crippen molar-refractivity contribution in [3.05, 3.63) is 18.6 Å². The van der Waals surface area contributed by atoms with Crippen molar-refractivity contribution in [1.29, 1.82) is 0 Å². The molecule has 0 saturated heterocycles. The number of fused-ring (bicyclic) bond motifs is 1. The molecule has 1 unspecified atom stereocenters. The average molecular weight is 233 g/mol. The Morgan fingerprint density at radius 1 is 1.41 bits per heavy atom. The Hall–Kier alpha value is -1.78. The van der Waals surface area contributed by atoms with Crippen LogP contribution in [0.3, 0.4) is 0 Å². The summed E-state index contributed by atoms with van der Waals surface area (Å²) >= 11 is 0. The SMILES string of the molecule is CCNc1cn2ccnc2c(NC(C)CC)n1. The standard InChI is InChI=1S/C12H19N5/c1-4-9(3)15-11-12-14-6-7-17(12)8-10(16-11)13-5-2/h6-9,13H,4-5H2,1-3H3,(H,15,16). The van der Waals surface area contributed by atoms with Crippen LogP contribution < -0.4 is 10.6 Å². The van der Waals surface area contributed by atoms with Crippen LogP contribution in [-0.4, -0.2) is 27.0 Å². The van der Waals surface area contributed by atoms with Crippen LogP contribution in [0, 0.1) is 0 Å². The summed E-state index contributed by atoms with van der Waals surface area (Å²) in [5, 5.41) is 6.61. The molecule has 0 aliphatic heterocycles. The van der Waals surface area contributed by atoms with Gasteiger partial charge in [-0.1, -0.05) is 6.92 Å². The number of aromatic nitrogens is 3. The van der Waals surface area contributed by atoms with E-state index in [9.17, 15) is 0 Å². The van der Waals surface area contributed by atoms with Crippen LogP contribution >= 0.6 is 0 Å². The molecular formula is C12H19N5. The highest BCUT2D eigenvalue weighted by molar-refractivity contribution is 5.65. The molecule has 5 heteroatoms. The van der Waals surface area contributed by atoms with Gasteiger partial charge < -0.3 is 15.0 Å². The quantitative estimate of drug-likeness (QED) is 0.832. The van der Waals surface area contributed by atoms with Gasteiger partial charge in [-0.25, -0.2) is 9.97 Å². The van der Waals surface area contributed by atoms with Gasteiger partial charge >= 0.3 is 0 Å². The first-order valence-electron chi connectivity index (χ1n) is 6.08. The minimum Gasteiger partial charge on any atom is -0.369 e. The fraction of sp³-hybridized carbons (Fsp3) is 0.500. The van der Waals surface area contributed by atoms with E-state index in [0.29, 0.717) is 6.04 Å². The number of nitrogens with one attached hydrogen (secondary N) is 2. The van der Waals surface area contributed by atoms with Crippen molar-refractivity contribution >= 4 is 17.3 Å². The second-order valence-corrected chi connectivity index (χ2v) is 4.12. The van der Waals surface area contributed by atoms with Gasteiger partial charge in [0.25, 0.3) is 0 Å². The zero-order chi connectivity index (χ0) is 12.3. The number of imidazole rings is 1. The van der Waals surface area contributed by atoms with Gasteiger partial charge in [-0.3, -0.25) is 0 Å². The Labute approximate surface area is 101 Å². The third kappa shape index (κ3) is 2.49. The fourth-order valence-corrected chi connectivity index (χ4v) is 1.63. The van der Waals surface area contributed by atoms with Gasteiger partial charge in [-0.05, 0) is 20.3 Å². The topological polar surface area (TPSA) is 54.2 Å². The lowest BCUT2D eigenvalue weighted by Gasteiger charge is -2.14. The minimum absolute atomic E-state index is 0.389. The van der Waals surface area contributed by atoms with Gasteiger partial charge in [-0.15, -0.1) is 0 Å². The van der Waals surface area contributed by atoms with Gasteiger partial charge in [0.1, 0.15) is 5.82 Å². The van der Waals surface area contributed by atoms with Crippen molar-refractivity contribution < 1.29 is 0 Å². The van der Waals surface area contributed by atoms with E-state index >= 15 is 0 Å². The van der Waals surface area contributed by atoms with E-state index in [2.05, 4.69) is 41.4 Å². The molecule has 0 radical (unpaired) electrons. The summed E-state index contributed by atoms with van der Waals surface area (Å²) in [4.78, 5) is 8.86. The van der Waals surface area contributed by atoms with Gasteiger partial charge in [0.2, 0.25) is 0 Å². The molecule has 1 atom stereocenters. The maximum Gasteiger partial charge on any atom is 0.180 e. The lowest BCUT2D eigenvalue weighted by Crippen LogP contribution is -2.16. The molecule has 0 spiro atoms. The van der Waals surface area contributed by atoms with Crippen LogP contribution in [0.5, 0.6) is 0 Å². The molecule has 0 aromatic carbocycles. The molecule has 0 saturated carbocycles. The molecular weight excluding hydrogens is 214 g/mol. The molecule has 17 heavy (non-hydrogen) atoms. The largest absolute Gasteiger partial charge is 0.369 e. The average Bonchev–Trinajstić information content (AvgIpc) is 2.77. The van der Waals surface area contributed by atoms with E-state index in [4.69, 9.17) is 0 Å². The van der Waals surface area contributed by atoms with Gasteiger partial charge in [0.05, 0.1) is 6.20 Å². The molecule has 5 nitrogen and oxygen atoms in total. The fourth-order valence-electron chi connectivity index (χ4n) is 1.63. The molecule has 2 aromatic heterocycles. The maximum absolute atomic E-state index is 4.55. The van der Waals surface area contributed by atoms with E-state index in [1.165, 1.54) is 0 Å². The molecule has 2 aromatic rings. The van der Waals surface area contributed by atoms with Crippen LogP contribution in [0.4, 0.5) is 11.6 Å². The molecule has 92 valence electrons.